The van der Waals surface area contributed by atoms with Gasteiger partial charge in [-0.3, -0.25) is 14.5 Å². The molecule has 1 aromatic rings. The number of carbonyl (C=O) groups excluding carboxylic acids is 2. The van der Waals surface area contributed by atoms with E-state index in [4.69, 9.17) is 5.73 Å². The van der Waals surface area contributed by atoms with Gasteiger partial charge in [0.05, 0.1) is 6.04 Å². The number of hydrogen-bond donors (Lipinski definition) is 2. The average Bonchev–Trinajstić information content (AvgIpc) is 2.63. The number of amides is 2. The van der Waals surface area contributed by atoms with Crippen molar-refractivity contribution in [3.63, 3.8) is 0 Å². The fraction of sp³-hybridized carbons (Fsp3) is 0.684. The first kappa shape index (κ1) is 20.4. The minimum absolute atomic E-state index is 0.0571. The molecular formula is C19H29FN6O2. The molecule has 154 valence electrons. The van der Waals surface area contributed by atoms with Crippen molar-refractivity contribution in [2.75, 3.05) is 30.3 Å². The highest BCUT2D eigenvalue weighted by Gasteiger charge is 2.41. The van der Waals surface area contributed by atoms with Crippen LogP contribution in [0.25, 0.3) is 0 Å². The van der Waals surface area contributed by atoms with Crippen LogP contribution in [0.15, 0.2) is 6.33 Å². The molecule has 0 saturated carbocycles. The average molecular weight is 392 g/mol. The Morgan fingerprint density at radius 3 is 2.61 bits per heavy atom. The third-order valence-electron chi connectivity index (χ3n) is 5.19. The van der Waals surface area contributed by atoms with Crippen LogP contribution in [0.1, 0.15) is 46.5 Å². The molecule has 2 aliphatic heterocycles. The van der Waals surface area contributed by atoms with Crippen LogP contribution >= 0.6 is 0 Å². The van der Waals surface area contributed by atoms with E-state index in [-0.39, 0.29) is 34.9 Å². The van der Waals surface area contributed by atoms with Gasteiger partial charge in [0.25, 0.3) is 5.91 Å². The minimum Gasteiger partial charge on any atom is -0.381 e. The Hall–Kier alpha value is -2.29. The van der Waals surface area contributed by atoms with Gasteiger partial charge in [0.1, 0.15) is 12.4 Å². The summed E-state index contributed by atoms with van der Waals surface area (Å²) in [6.07, 6.45) is 3.95. The standard InChI is InChI=1S/C19H29FN6O2/c1-19(2,3)10-22-12-6-4-8-25(17(12)27)13-7-5-9-26(18(13)28)16-14(20)15(21)23-11-24-16/h11-13,22H,4-10H2,1-3H3,(H2,21,23,24)/t12?,13-/m1/s1. The van der Waals surface area contributed by atoms with Gasteiger partial charge in [-0.1, -0.05) is 20.8 Å². The van der Waals surface area contributed by atoms with Gasteiger partial charge in [-0.05, 0) is 31.1 Å². The predicted molar refractivity (Wildman–Crippen MR) is 104 cm³/mol. The lowest BCUT2D eigenvalue weighted by atomic mass is 9.94. The summed E-state index contributed by atoms with van der Waals surface area (Å²) in [6.45, 7) is 7.91. The van der Waals surface area contributed by atoms with Crippen LogP contribution in [-0.4, -0.2) is 58.4 Å². The highest BCUT2D eigenvalue weighted by Crippen LogP contribution is 2.28. The van der Waals surface area contributed by atoms with Gasteiger partial charge in [-0.25, -0.2) is 9.97 Å². The highest BCUT2D eigenvalue weighted by molar-refractivity contribution is 6.00. The fourth-order valence-electron chi connectivity index (χ4n) is 3.75. The third-order valence-corrected chi connectivity index (χ3v) is 5.19. The van der Waals surface area contributed by atoms with Gasteiger partial charge < -0.3 is 16.0 Å². The van der Waals surface area contributed by atoms with E-state index in [0.29, 0.717) is 32.5 Å². The zero-order valence-electron chi connectivity index (χ0n) is 16.7. The van der Waals surface area contributed by atoms with E-state index < -0.39 is 11.9 Å². The summed E-state index contributed by atoms with van der Waals surface area (Å²) in [4.78, 5) is 36.6. The van der Waals surface area contributed by atoms with Crippen molar-refractivity contribution >= 4 is 23.5 Å². The molecule has 2 atom stereocenters. The number of aromatic nitrogens is 2. The Kier molecular flexibility index (Phi) is 5.83. The molecule has 2 fully saturated rings. The first-order valence-corrected chi connectivity index (χ1v) is 9.80. The Labute approximate surface area is 164 Å². The summed E-state index contributed by atoms with van der Waals surface area (Å²) in [5, 5.41) is 3.34. The number of piperidine rings is 2. The van der Waals surface area contributed by atoms with Gasteiger partial charge >= 0.3 is 0 Å². The molecule has 9 heteroatoms. The molecule has 3 N–H and O–H groups in total. The quantitative estimate of drug-likeness (QED) is 0.801. The molecule has 0 radical (unpaired) electrons. The Balaban J connectivity index is 1.76. The molecule has 0 aromatic carbocycles. The topological polar surface area (TPSA) is 104 Å². The van der Waals surface area contributed by atoms with Crippen LogP contribution in [0.5, 0.6) is 0 Å². The lowest BCUT2D eigenvalue weighted by molar-refractivity contribution is -0.144. The van der Waals surface area contributed by atoms with Crippen molar-refractivity contribution in [3.05, 3.63) is 12.1 Å². The summed E-state index contributed by atoms with van der Waals surface area (Å²) in [5.41, 5.74) is 5.58. The lowest BCUT2D eigenvalue weighted by Gasteiger charge is -2.42. The van der Waals surface area contributed by atoms with E-state index >= 15 is 0 Å². The Morgan fingerprint density at radius 2 is 1.89 bits per heavy atom. The molecule has 0 spiro atoms. The first-order valence-electron chi connectivity index (χ1n) is 9.80. The van der Waals surface area contributed by atoms with E-state index in [2.05, 4.69) is 36.1 Å². The Morgan fingerprint density at radius 1 is 1.18 bits per heavy atom. The SMILES string of the molecule is CC(C)(C)CNC1CCCN([C@@H]2CCCN(c3ncnc(N)c3F)C2=O)C1=O. The molecule has 2 saturated heterocycles. The molecule has 1 aromatic heterocycles. The maximum atomic E-state index is 14.3. The van der Waals surface area contributed by atoms with Crippen molar-refractivity contribution in [2.24, 2.45) is 5.41 Å². The highest BCUT2D eigenvalue weighted by atomic mass is 19.1. The molecule has 0 aliphatic carbocycles. The normalized spacial score (nSPS) is 24.0. The largest absolute Gasteiger partial charge is 0.381 e. The number of anilines is 2. The van der Waals surface area contributed by atoms with Crippen LogP contribution in [0.2, 0.25) is 0 Å². The van der Waals surface area contributed by atoms with Gasteiger partial charge in [0, 0.05) is 19.6 Å². The smallest absolute Gasteiger partial charge is 0.251 e. The van der Waals surface area contributed by atoms with Crippen LogP contribution in [0.3, 0.4) is 0 Å². The van der Waals surface area contributed by atoms with Gasteiger partial charge in [0.15, 0.2) is 11.6 Å². The van der Waals surface area contributed by atoms with Crippen LogP contribution in [-0.2, 0) is 9.59 Å². The number of carbonyl (C=O) groups is 2. The van der Waals surface area contributed by atoms with Crippen molar-refractivity contribution in [1.82, 2.24) is 20.2 Å². The summed E-state index contributed by atoms with van der Waals surface area (Å²) < 4.78 is 14.3. The van der Waals surface area contributed by atoms with Crippen LogP contribution in [0.4, 0.5) is 16.0 Å². The predicted octanol–water partition coefficient (Wildman–Crippen LogP) is 1.32. The number of nitrogens with zero attached hydrogens (tertiary/aromatic N) is 4. The van der Waals surface area contributed by atoms with Crippen molar-refractivity contribution in [1.29, 1.82) is 0 Å². The second-order valence-corrected chi connectivity index (χ2v) is 8.71. The number of rotatable bonds is 4. The molecule has 2 amide bonds. The van der Waals surface area contributed by atoms with E-state index in [9.17, 15) is 14.0 Å². The number of nitrogens with one attached hydrogen (secondary N) is 1. The third kappa shape index (κ3) is 4.24. The van der Waals surface area contributed by atoms with Crippen molar-refractivity contribution in [3.8, 4) is 0 Å². The van der Waals surface area contributed by atoms with E-state index in [0.717, 1.165) is 19.2 Å². The zero-order valence-corrected chi connectivity index (χ0v) is 16.7. The van der Waals surface area contributed by atoms with E-state index in [1.165, 1.54) is 4.90 Å². The summed E-state index contributed by atoms with van der Waals surface area (Å²) in [7, 11) is 0. The second kappa shape index (κ2) is 7.98. The number of nitrogens with two attached hydrogens (primary N) is 1. The maximum absolute atomic E-state index is 14.3. The first-order chi connectivity index (χ1) is 13.2. The van der Waals surface area contributed by atoms with Crippen molar-refractivity contribution in [2.45, 2.75) is 58.5 Å². The van der Waals surface area contributed by atoms with Gasteiger partial charge in [0.2, 0.25) is 11.7 Å². The molecule has 28 heavy (non-hydrogen) atoms. The molecule has 3 heterocycles. The monoisotopic (exact) mass is 392 g/mol. The molecule has 2 aliphatic rings. The molecule has 8 nitrogen and oxygen atoms in total. The number of nitrogen functional groups attached to an aromatic ring is 1. The molecule has 0 bridgehead atoms. The number of hydrogen-bond acceptors (Lipinski definition) is 6. The summed E-state index contributed by atoms with van der Waals surface area (Å²) in [6, 6.07) is -0.890. The van der Waals surface area contributed by atoms with Gasteiger partial charge in [-0.2, -0.15) is 4.39 Å². The fourth-order valence-corrected chi connectivity index (χ4v) is 3.75. The molecule has 1 unspecified atom stereocenters. The zero-order chi connectivity index (χ0) is 20.5. The minimum atomic E-state index is -0.800. The number of halogens is 1. The number of likely N-dealkylation sites (tertiary alicyclic amines) is 1. The Bertz CT molecular complexity index is 750. The van der Waals surface area contributed by atoms with Gasteiger partial charge in [-0.15, -0.1) is 0 Å². The second-order valence-electron chi connectivity index (χ2n) is 8.71. The molecular weight excluding hydrogens is 363 g/mol. The summed E-state index contributed by atoms with van der Waals surface area (Å²) >= 11 is 0. The summed E-state index contributed by atoms with van der Waals surface area (Å²) in [5.74, 6) is -1.58. The lowest BCUT2D eigenvalue weighted by Crippen LogP contribution is -2.60. The van der Waals surface area contributed by atoms with Crippen LogP contribution in [0, 0.1) is 11.2 Å². The maximum Gasteiger partial charge on any atom is 0.251 e. The van der Waals surface area contributed by atoms with E-state index in [1.54, 1.807) is 4.90 Å². The van der Waals surface area contributed by atoms with Crippen LogP contribution < -0.4 is 16.0 Å². The van der Waals surface area contributed by atoms with Crippen molar-refractivity contribution < 1.29 is 14.0 Å². The molecule has 3 rings (SSSR count). The van der Waals surface area contributed by atoms with E-state index in [1.807, 2.05) is 0 Å².